The Morgan fingerprint density at radius 2 is 1.65 bits per heavy atom. The largest absolute Gasteiger partial charge is 0.465 e. The molecule has 0 radical (unpaired) electrons. The molecule has 218 valence electrons. The summed E-state index contributed by atoms with van der Waals surface area (Å²) in [7, 11) is 3.29. The molecule has 40 heavy (non-hydrogen) atoms. The van der Waals surface area contributed by atoms with E-state index in [1.165, 1.54) is 26.2 Å². The van der Waals surface area contributed by atoms with Crippen LogP contribution in [0.4, 0.5) is 32.0 Å². The zero-order valence-electron chi connectivity index (χ0n) is 22.1. The number of amides is 1. The average molecular weight is 575 g/mol. The highest BCUT2D eigenvalue weighted by atomic mass is 19.4. The van der Waals surface area contributed by atoms with E-state index >= 15 is 0 Å². The van der Waals surface area contributed by atoms with Gasteiger partial charge in [0.05, 0.1) is 23.9 Å². The highest BCUT2D eigenvalue weighted by Crippen LogP contribution is 2.54. The first-order chi connectivity index (χ1) is 18.6. The smallest absolute Gasteiger partial charge is 0.427 e. The number of aliphatic hydroxyl groups is 1. The zero-order valence-corrected chi connectivity index (χ0v) is 22.1. The van der Waals surface area contributed by atoms with Crippen LogP contribution >= 0.6 is 0 Å². The number of likely N-dealkylation sites (N-methyl/N-ethyl adjacent to an activating group) is 1. The molecule has 2 aromatic rings. The lowest BCUT2D eigenvalue weighted by Gasteiger charge is -2.45. The standard InChI is InChI=1S/C27H28F6N2O5/c1-15(34-40-4)20-14-17(12-13-18(20)23(36)39-3)35(2)24(37)25(38,27(31,32)33)22(16-8-7-9-16)19-10-5-6-11-21(19)26(28,29)30/h5-6,10-14,16,22,38H,7-9H2,1-4H3. The van der Waals surface area contributed by atoms with Gasteiger partial charge in [0.25, 0.3) is 5.91 Å². The van der Waals surface area contributed by atoms with Crippen molar-refractivity contribution in [2.45, 2.75) is 50.1 Å². The summed E-state index contributed by atoms with van der Waals surface area (Å²) < 4.78 is 90.7. The molecule has 1 saturated carbocycles. The van der Waals surface area contributed by atoms with Gasteiger partial charge >= 0.3 is 18.3 Å². The average Bonchev–Trinajstić information content (AvgIpc) is 2.87. The Morgan fingerprint density at radius 3 is 2.15 bits per heavy atom. The first kappa shape index (κ1) is 30.9. The van der Waals surface area contributed by atoms with Crippen LogP contribution in [0.15, 0.2) is 47.6 Å². The zero-order chi connectivity index (χ0) is 30.0. The van der Waals surface area contributed by atoms with E-state index in [1.54, 1.807) is 0 Å². The van der Waals surface area contributed by atoms with Crippen LogP contribution in [0.5, 0.6) is 0 Å². The third-order valence-electron chi connectivity index (χ3n) is 7.15. The second-order valence-electron chi connectivity index (χ2n) is 9.46. The quantitative estimate of drug-likeness (QED) is 0.189. The molecule has 0 saturated heterocycles. The third kappa shape index (κ3) is 5.65. The number of oxime groups is 1. The van der Waals surface area contributed by atoms with E-state index in [2.05, 4.69) is 5.16 Å². The molecule has 7 nitrogen and oxygen atoms in total. The number of hydrogen-bond acceptors (Lipinski definition) is 6. The van der Waals surface area contributed by atoms with Crippen LogP contribution in [-0.2, 0) is 20.5 Å². The number of rotatable bonds is 8. The molecule has 3 rings (SSSR count). The molecule has 1 fully saturated rings. The first-order valence-electron chi connectivity index (χ1n) is 12.1. The molecule has 0 bridgehead atoms. The summed E-state index contributed by atoms with van der Waals surface area (Å²) in [6.45, 7) is 1.43. The van der Waals surface area contributed by atoms with Gasteiger partial charge in [0, 0.05) is 24.2 Å². The highest BCUT2D eigenvalue weighted by Gasteiger charge is 2.67. The van der Waals surface area contributed by atoms with Gasteiger partial charge in [0.2, 0.25) is 5.60 Å². The van der Waals surface area contributed by atoms with Crippen molar-refractivity contribution in [2.24, 2.45) is 11.1 Å². The Balaban J connectivity index is 2.21. The maximum Gasteiger partial charge on any atom is 0.427 e. The lowest BCUT2D eigenvalue weighted by Crippen LogP contribution is -2.63. The van der Waals surface area contributed by atoms with Gasteiger partial charge < -0.3 is 19.6 Å². The van der Waals surface area contributed by atoms with Crippen molar-refractivity contribution >= 4 is 23.3 Å². The van der Waals surface area contributed by atoms with E-state index in [-0.39, 0.29) is 35.4 Å². The Morgan fingerprint density at radius 1 is 1.02 bits per heavy atom. The second kappa shape index (κ2) is 11.5. The summed E-state index contributed by atoms with van der Waals surface area (Å²) in [4.78, 5) is 31.1. The second-order valence-corrected chi connectivity index (χ2v) is 9.46. The maximum absolute atomic E-state index is 14.8. The van der Waals surface area contributed by atoms with Crippen molar-refractivity contribution in [3.05, 3.63) is 64.7 Å². The Kier molecular flexibility index (Phi) is 8.87. The molecule has 1 aliphatic rings. The monoisotopic (exact) mass is 574 g/mol. The summed E-state index contributed by atoms with van der Waals surface area (Å²) in [6, 6.07) is 7.15. The number of hydrogen-bond donors (Lipinski definition) is 1. The highest BCUT2D eigenvalue weighted by molar-refractivity contribution is 6.09. The van der Waals surface area contributed by atoms with Gasteiger partial charge in [0.1, 0.15) is 7.11 Å². The number of halogens is 6. The van der Waals surface area contributed by atoms with E-state index in [0.717, 1.165) is 38.4 Å². The molecule has 2 aromatic carbocycles. The number of carbonyl (C=O) groups excluding carboxylic acids is 2. The number of benzene rings is 2. The molecule has 2 atom stereocenters. The van der Waals surface area contributed by atoms with Crippen LogP contribution in [-0.4, -0.2) is 55.7 Å². The fourth-order valence-electron chi connectivity index (χ4n) is 4.94. The number of nitrogens with zero attached hydrogens (tertiary/aromatic N) is 2. The topological polar surface area (TPSA) is 88.4 Å². The fraction of sp³-hybridized carbons (Fsp3) is 0.444. The van der Waals surface area contributed by atoms with Crippen molar-refractivity contribution in [3.8, 4) is 0 Å². The first-order valence-corrected chi connectivity index (χ1v) is 12.1. The molecule has 0 spiro atoms. The molecule has 0 heterocycles. The van der Waals surface area contributed by atoms with E-state index in [1.807, 2.05) is 0 Å². The lowest BCUT2D eigenvalue weighted by atomic mass is 9.64. The van der Waals surface area contributed by atoms with Crippen LogP contribution in [0.2, 0.25) is 0 Å². The number of methoxy groups -OCH3 is 1. The van der Waals surface area contributed by atoms with Gasteiger partial charge in [-0.2, -0.15) is 26.3 Å². The van der Waals surface area contributed by atoms with Crippen LogP contribution in [0.1, 0.15) is 59.2 Å². The normalized spacial score (nSPS) is 16.9. The molecule has 1 amide bonds. The van der Waals surface area contributed by atoms with Crippen LogP contribution in [0, 0.1) is 5.92 Å². The van der Waals surface area contributed by atoms with Crippen molar-refractivity contribution in [1.29, 1.82) is 0 Å². The maximum atomic E-state index is 14.8. The Labute approximate surface area is 226 Å². The molecule has 1 aliphatic carbocycles. The summed E-state index contributed by atoms with van der Waals surface area (Å²) in [5, 5.41) is 15.0. The molecular weight excluding hydrogens is 546 g/mol. The van der Waals surface area contributed by atoms with E-state index in [4.69, 9.17) is 9.57 Å². The van der Waals surface area contributed by atoms with Crippen molar-refractivity contribution in [1.82, 2.24) is 0 Å². The van der Waals surface area contributed by atoms with E-state index < -0.39 is 52.8 Å². The summed E-state index contributed by atoms with van der Waals surface area (Å²) in [5.41, 5.74) is -6.46. The number of alkyl halides is 6. The molecule has 1 N–H and O–H groups in total. The Hall–Kier alpha value is -3.61. The molecule has 2 unspecified atom stereocenters. The number of esters is 1. The minimum Gasteiger partial charge on any atom is -0.465 e. The van der Waals surface area contributed by atoms with Gasteiger partial charge in [-0.25, -0.2) is 4.79 Å². The van der Waals surface area contributed by atoms with Crippen LogP contribution < -0.4 is 4.90 Å². The summed E-state index contributed by atoms with van der Waals surface area (Å²) in [6.07, 6.45) is -10.1. The number of ether oxygens (including phenoxy) is 1. The van der Waals surface area contributed by atoms with Crippen molar-refractivity contribution in [2.75, 3.05) is 26.2 Å². The van der Waals surface area contributed by atoms with Gasteiger partial charge in [-0.05, 0) is 55.5 Å². The number of carbonyl (C=O) groups is 2. The van der Waals surface area contributed by atoms with Crippen LogP contribution in [0.3, 0.4) is 0 Å². The lowest BCUT2D eigenvalue weighted by molar-refractivity contribution is -0.264. The molecular formula is C27H28F6N2O5. The van der Waals surface area contributed by atoms with E-state index in [9.17, 15) is 41.0 Å². The molecule has 13 heteroatoms. The minimum absolute atomic E-state index is 0.0390. The number of anilines is 1. The van der Waals surface area contributed by atoms with Crippen molar-refractivity contribution in [3.63, 3.8) is 0 Å². The SMILES string of the molecule is CON=C(C)c1cc(N(C)C(=O)C(O)(C(c2ccccc2C(F)(F)F)C2CCC2)C(F)(F)F)ccc1C(=O)OC. The van der Waals surface area contributed by atoms with E-state index in [0.29, 0.717) is 17.4 Å². The van der Waals surface area contributed by atoms with Crippen LogP contribution in [0.25, 0.3) is 0 Å². The minimum atomic E-state index is -5.65. The van der Waals surface area contributed by atoms with Gasteiger partial charge in [0.15, 0.2) is 0 Å². The Bertz CT molecular complexity index is 1290. The predicted molar refractivity (Wildman–Crippen MR) is 133 cm³/mol. The molecule has 0 aromatic heterocycles. The van der Waals surface area contributed by atoms with Gasteiger partial charge in [-0.3, -0.25) is 4.79 Å². The predicted octanol–water partition coefficient (Wildman–Crippen LogP) is 5.70. The van der Waals surface area contributed by atoms with Gasteiger partial charge in [-0.15, -0.1) is 0 Å². The summed E-state index contributed by atoms with van der Waals surface area (Å²) in [5.74, 6) is -5.96. The van der Waals surface area contributed by atoms with Gasteiger partial charge in [-0.1, -0.05) is 29.8 Å². The summed E-state index contributed by atoms with van der Waals surface area (Å²) >= 11 is 0. The fourth-order valence-corrected chi connectivity index (χ4v) is 4.94. The third-order valence-corrected chi connectivity index (χ3v) is 7.15. The van der Waals surface area contributed by atoms with Crippen molar-refractivity contribution < 1.29 is 50.6 Å². The molecule has 0 aliphatic heterocycles.